The molecule has 2 rings (SSSR count). The summed E-state index contributed by atoms with van der Waals surface area (Å²) in [6.07, 6.45) is 0. The molecular formula is C17H20BrN. The smallest absolute Gasteiger partial charge is 0.0577 e. The fourth-order valence-corrected chi connectivity index (χ4v) is 3.00. The summed E-state index contributed by atoms with van der Waals surface area (Å²) < 4.78 is 1.16. The van der Waals surface area contributed by atoms with E-state index < -0.39 is 0 Å². The van der Waals surface area contributed by atoms with Crippen LogP contribution in [-0.4, -0.2) is 7.05 Å². The lowest BCUT2D eigenvalue weighted by Crippen LogP contribution is -2.19. The summed E-state index contributed by atoms with van der Waals surface area (Å²) in [4.78, 5) is 0. The number of halogens is 1. The maximum atomic E-state index is 3.62. The van der Waals surface area contributed by atoms with E-state index in [4.69, 9.17) is 0 Å². The van der Waals surface area contributed by atoms with E-state index in [9.17, 15) is 0 Å². The van der Waals surface area contributed by atoms with Crippen molar-refractivity contribution in [2.24, 2.45) is 0 Å². The molecule has 0 bridgehead atoms. The van der Waals surface area contributed by atoms with Crippen LogP contribution in [0.1, 0.15) is 33.9 Å². The Bertz CT molecular complexity index is 570. The van der Waals surface area contributed by atoms with Crippen molar-refractivity contribution in [1.82, 2.24) is 5.32 Å². The number of benzene rings is 2. The first-order valence-corrected chi connectivity index (χ1v) is 7.32. The predicted octanol–water partition coefficient (Wildman–Crippen LogP) is 4.68. The Morgan fingerprint density at radius 2 is 1.63 bits per heavy atom. The molecule has 0 spiro atoms. The van der Waals surface area contributed by atoms with Crippen LogP contribution in [0, 0.1) is 20.8 Å². The molecule has 19 heavy (non-hydrogen) atoms. The second-order valence-electron chi connectivity index (χ2n) is 5.10. The van der Waals surface area contributed by atoms with Gasteiger partial charge in [0, 0.05) is 4.47 Å². The van der Waals surface area contributed by atoms with E-state index in [0.717, 1.165) is 4.47 Å². The predicted molar refractivity (Wildman–Crippen MR) is 85.7 cm³/mol. The second kappa shape index (κ2) is 5.89. The maximum absolute atomic E-state index is 3.62. The third kappa shape index (κ3) is 3.07. The third-order valence-corrected chi connectivity index (χ3v) is 4.35. The molecule has 1 atom stereocenters. The van der Waals surface area contributed by atoms with Gasteiger partial charge in [-0.05, 0) is 50.6 Å². The van der Waals surface area contributed by atoms with Gasteiger partial charge in [0.05, 0.1) is 6.04 Å². The van der Waals surface area contributed by atoms with Gasteiger partial charge in [0.2, 0.25) is 0 Å². The lowest BCUT2D eigenvalue weighted by molar-refractivity contribution is 0.686. The van der Waals surface area contributed by atoms with Crippen molar-refractivity contribution in [3.63, 3.8) is 0 Å². The number of nitrogens with one attached hydrogen (secondary N) is 1. The Morgan fingerprint density at radius 3 is 2.21 bits per heavy atom. The monoisotopic (exact) mass is 317 g/mol. The Hall–Kier alpha value is -1.12. The molecule has 1 nitrogen and oxygen atoms in total. The first-order chi connectivity index (χ1) is 9.02. The molecular weight excluding hydrogens is 298 g/mol. The zero-order valence-electron chi connectivity index (χ0n) is 11.9. The fourth-order valence-electron chi connectivity index (χ4n) is 2.62. The lowest BCUT2D eigenvalue weighted by Gasteiger charge is -2.21. The van der Waals surface area contributed by atoms with E-state index in [1.54, 1.807) is 0 Å². The minimum absolute atomic E-state index is 0.232. The molecule has 0 radical (unpaired) electrons. The highest BCUT2D eigenvalue weighted by Crippen LogP contribution is 2.29. The summed E-state index contributed by atoms with van der Waals surface area (Å²) in [5, 5.41) is 3.44. The molecule has 1 unspecified atom stereocenters. The first kappa shape index (κ1) is 14.3. The number of aryl methyl sites for hydroxylation is 2. The quantitative estimate of drug-likeness (QED) is 0.866. The molecule has 0 aliphatic carbocycles. The van der Waals surface area contributed by atoms with Crippen LogP contribution in [-0.2, 0) is 0 Å². The van der Waals surface area contributed by atoms with Gasteiger partial charge in [0.25, 0.3) is 0 Å². The van der Waals surface area contributed by atoms with Gasteiger partial charge in [-0.2, -0.15) is 0 Å². The zero-order valence-corrected chi connectivity index (χ0v) is 13.5. The van der Waals surface area contributed by atoms with E-state index in [2.05, 4.69) is 78.4 Å². The van der Waals surface area contributed by atoms with E-state index in [1.807, 2.05) is 7.05 Å². The average Bonchev–Trinajstić information content (AvgIpc) is 2.34. The maximum Gasteiger partial charge on any atom is 0.0577 e. The molecule has 100 valence electrons. The Kier molecular flexibility index (Phi) is 4.43. The standard InChI is InChI=1S/C17H20BrN/c1-11-8-12(2)10-14(9-11)17(19-4)15-6-5-7-16(18)13(15)3/h5-10,17,19H,1-4H3. The molecule has 2 aromatic carbocycles. The second-order valence-corrected chi connectivity index (χ2v) is 5.95. The highest BCUT2D eigenvalue weighted by atomic mass is 79.9. The van der Waals surface area contributed by atoms with Crippen LogP contribution in [0.2, 0.25) is 0 Å². The highest BCUT2D eigenvalue weighted by Gasteiger charge is 2.15. The van der Waals surface area contributed by atoms with Crippen LogP contribution in [0.25, 0.3) is 0 Å². The summed E-state index contributed by atoms with van der Waals surface area (Å²) in [6.45, 7) is 6.46. The fraction of sp³-hybridized carbons (Fsp3) is 0.294. The number of hydrogen-bond donors (Lipinski definition) is 1. The van der Waals surface area contributed by atoms with Crippen molar-refractivity contribution >= 4 is 15.9 Å². The molecule has 0 amide bonds. The molecule has 0 saturated heterocycles. The van der Waals surface area contributed by atoms with Gasteiger partial charge in [0.15, 0.2) is 0 Å². The molecule has 0 aliphatic rings. The largest absolute Gasteiger partial charge is 0.309 e. The van der Waals surface area contributed by atoms with E-state index in [-0.39, 0.29) is 6.04 Å². The topological polar surface area (TPSA) is 12.0 Å². The Labute approximate surface area is 124 Å². The summed E-state index contributed by atoms with van der Waals surface area (Å²) in [5.41, 5.74) is 6.55. The van der Waals surface area contributed by atoms with Crippen molar-refractivity contribution in [2.75, 3.05) is 7.05 Å². The Morgan fingerprint density at radius 1 is 1.00 bits per heavy atom. The molecule has 2 aromatic rings. The average molecular weight is 318 g/mol. The zero-order chi connectivity index (χ0) is 14.0. The van der Waals surface area contributed by atoms with Gasteiger partial charge in [-0.3, -0.25) is 0 Å². The summed E-state index contributed by atoms with van der Waals surface area (Å²) in [5.74, 6) is 0. The van der Waals surface area contributed by atoms with Gasteiger partial charge >= 0.3 is 0 Å². The van der Waals surface area contributed by atoms with Crippen molar-refractivity contribution in [3.05, 3.63) is 68.7 Å². The number of hydrogen-bond acceptors (Lipinski definition) is 1. The van der Waals surface area contributed by atoms with Crippen molar-refractivity contribution in [2.45, 2.75) is 26.8 Å². The molecule has 2 heteroatoms. The van der Waals surface area contributed by atoms with Crippen LogP contribution in [0.5, 0.6) is 0 Å². The van der Waals surface area contributed by atoms with Gasteiger partial charge in [-0.15, -0.1) is 0 Å². The van der Waals surface area contributed by atoms with Crippen molar-refractivity contribution in [1.29, 1.82) is 0 Å². The van der Waals surface area contributed by atoms with Crippen LogP contribution in [0.4, 0.5) is 0 Å². The molecule has 0 heterocycles. The minimum Gasteiger partial charge on any atom is -0.309 e. The minimum atomic E-state index is 0.232. The van der Waals surface area contributed by atoms with Crippen LogP contribution in [0.3, 0.4) is 0 Å². The summed E-state index contributed by atoms with van der Waals surface area (Å²) in [6, 6.07) is 13.3. The normalized spacial score (nSPS) is 12.5. The molecule has 0 aromatic heterocycles. The molecule has 0 saturated carbocycles. The van der Waals surface area contributed by atoms with Crippen molar-refractivity contribution < 1.29 is 0 Å². The first-order valence-electron chi connectivity index (χ1n) is 6.53. The van der Waals surface area contributed by atoms with Crippen LogP contribution >= 0.6 is 15.9 Å². The van der Waals surface area contributed by atoms with Crippen LogP contribution in [0.15, 0.2) is 40.9 Å². The molecule has 1 N–H and O–H groups in total. The van der Waals surface area contributed by atoms with Crippen molar-refractivity contribution in [3.8, 4) is 0 Å². The molecule has 0 fully saturated rings. The Balaban J connectivity index is 2.53. The van der Waals surface area contributed by atoms with Gasteiger partial charge in [0.1, 0.15) is 0 Å². The van der Waals surface area contributed by atoms with E-state index in [0.29, 0.717) is 0 Å². The third-order valence-electron chi connectivity index (χ3n) is 3.49. The van der Waals surface area contributed by atoms with E-state index >= 15 is 0 Å². The van der Waals surface area contributed by atoms with Gasteiger partial charge in [-0.1, -0.05) is 57.4 Å². The summed E-state index contributed by atoms with van der Waals surface area (Å²) >= 11 is 3.62. The van der Waals surface area contributed by atoms with E-state index in [1.165, 1.54) is 27.8 Å². The lowest BCUT2D eigenvalue weighted by atomic mass is 9.93. The van der Waals surface area contributed by atoms with Gasteiger partial charge < -0.3 is 5.32 Å². The van der Waals surface area contributed by atoms with Crippen LogP contribution < -0.4 is 5.32 Å². The highest BCUT2D eigenvalue weighted by molar-refractivity contribution is 9.10. The van der Waals surface area contributed by atoms with Gasteiger partial charge in [-0.25, -0.2) is 0 Å². The number of rotatable bonds is 3. The molecule has 0 aliphatic heterocycles. The summed E-state index contributed by atoms with van der Waals surface area (Å²) in [7, 11) is 2.02. The SMILES string of the molecule is CNC(c1cc(C)cc(C)c1)c1cccc(Br)c1C.